The summed E-state index contributed by atoms with van der Waals surface area (Å²) in [4.78, 5) is 12.9. The molecule has 82 valence electrons. The molecule has 1 nitrogen and oxygen atoms in total. The first-order valence-corrected chi connectivity index (χ1v) is 7.33. The van der Waals surface area contributed by atoms with Crippen molar-refractivity contribution < 1.29 is 4.79 Å². The Balaban J connectivity index is 3.02. The third kappa shape index (κ3) is 3.35. The van der Waals surface area contributed by atoms with Crippen molar-refractivity contribution in [2.75, 3.05) is 11.6 Å². The van der Waals surface area contributed by atoms with Gasteiger partial charge in [-0.25, -0.2) is 0 Å². The SMILES string of the molecule is CCc1ccc(C(=O)CCBr)c(SC)c1. The number of hydrogen-bond donors (Lipinski definition) is 0. The highest BCUT2D eigenvalue weighted by molar-refractivity contribution is 9.09. The van der Waals surface area contributed by atoms with Crippen LogP contribution in [0.1, 0.15) is 29.3 Å². The van der Waals surface area contributed by atoms with Crippen molar-refractivity contribution in [2.24, 2.45) is 0 Å². The Hall–Kier alpha value is -0.280. The van der Waals surface area contributed by atoms with Gasteiger partial charge in [-0.05, 0) is 24.3 Å². The predicted octanol–water partition coefficient (Wildman–Crippen LogP) is 3.94. The lowest BCUT2D eigenvalue weighted by Crippen LogP contribution is -2.02. The van der Waals surface area contributed by atoms with Gasteiger partial charge in [-0.3, -0.25) is 4.79 Å². The van der Waals surface area contributed by atoms with E-state index < -0.39 is 0 Å². The van der Waals surface area contributed by atoms with Gasteiger partial charge in [0.15, 0.2) is 5.78 Å². The van der Waals surface area contributed by atoms with Crippen molar-refractivity contribution in [2.45, 2.75) is 24.7 Å². The number of aryl methyl sites for hydroxylation is 1. The zero-order valence-electron chi connectivity index (χ0n) is 9.05. The van der Waals surface area contributed by atoms with Crippen LogP contribution in [0.2, 0.25) is 0 Å². The Bertz CT molecular complexity index is 349. The Morgan fingerprint density at radius 1 is 1.47 bits per heavy atom. The summed E-state index contributed by atoms with van der Waals surface area (Å²) in [5, 5.41) is 0.731. The van der Waals surface area contributed by atoms with Crippen LogP contribution in [-0.2, 0) is 6.42 Å². The number of carbonyl (C=O) groups is 1. The van der Waals surface area contributed by atoms with E-state index >= 15 is 0 Å². The summed E-state index contributed by atoms with van der Waals surface area (Å²) in [7, 11) is 0. The van der Waals surface area contributed by atoms with E-state index in [4.69, 9.17) is 0 Å². The molecule has 0 spiro atoms. The molecule has 0 aliphatic heterocycles. The van der Waals surface area contributed by atoms with Crippen LogP contribution >= 0.6 is 27.7 Å². The highest BCUT2D eigenvalue weighted by atomic mass is 79.9. The fourth-order valence-corrected chi connectivity index (χ4v) is 2.44. The summed E-state index contributed by atoms with van der Waals surface area (Å²) in [6.07, 6.45) is 3.60. The highest BCUT2D eigenvalue weighted by Gasteiger charge is 2.10. The summed E-state index contributed by atoms with van der Waals surface area (Å²) >= 11 is 4.94. The minimum atomic E-state index is 0.221. The van der Waals surface area contributed by atoms with E-state index in [1.54, 1.807) is 11.8 Å². The van der Waals surface area contributed by atoms with Crippen LogP contribution in [0.25, 0.3) is 0 Å². The molecule has 0 aliphatic rings. The van der Waals surface area contributed by atoms with E-state index in [2.05, 4.69) is 28.9 Å². The summed E-state index contributed by atoms with van der Waals surface area (Å²) in [6, 6.07) is 6.11. The molecule has 0 aliphatic carbocycles. The van der Waals surface area contributed by atoms with Gasteiger partial charge in [0.2, 0.25) is 0 Å². The highest BCUT2D eigenvalue weighted by Crippen LogP contribution is 2.23. The second kappa shape index (κ2) is 6.33. The fourth-order valence-electron chi connectivity index (χ4n) is 1.41. The van der Waals surface area contributed by atoms with Crippen molar-refractivity contribution in [1.82, 2.24) is 0 Å². The van der Waals surface area contributed by atoms with Crippen molar-refractivity contribution in [3.63, 3.8) is 0 Å². The number of carbonyl (C=O) groups excluding carboxylic acids is 1. The largest absolute Gasteiger partial charge is 0.294 e. The van der Waals surface area contributed by atoms with Gasteiger partial charge >= 0.3 is 0 Å². The topological polar surface area (TPSA) is 17.1 Å². The second-order valence-electron chi connectivity index (χ2n) is 3.25. The van der Waals surface area contributed by atoms with E-state index in [9.17, 15) is 4.79 Å². The summed E-state index contributed by atoms with van der Waals surface area (Å²) in [6.45, 7) is 2.12. The zero-order chi connectivity index (χ0) is 11.3. The molecule has 0 radical (unpaired) electrons. The maximum Gasteiger partial charge on any atom is 0.164 e. The molecule has 0 N–H and O–H groups in total. The Morgan fingerprint density at radius 3 is 2.73 bits per heavy atom. The zero-order valence-corrected chi connectivity index (χ0v) is 11.5. The third-order valence-corrected chi connectivity index (χ3v) is 3.47. The van der Waals surface area contributed by atoms with Gasteiger partial charge in [0, 0.05) is 22.2 Å². The van der Waals surface area contributed by atoms with Crippen LogP contribution in [-0.4, -0.2) is 17.4 Å². The average Bonchev–Trinajstić information content (AvgIpc) is 2.28. The maximum atomic E-state index is 11.8. The van der Waals surface area contributed by atoms with E-state index in [-0.39, 0.29) is 5.78 Å². The quantitative estimate of drug-likeness (QED) is 0.463. The van der Waals surface area contributed by atoms with Crippen molar-refractivity contribution in [3.05, 3.63) is 29.3 Å². The van der Waals surface area contributed by atoms with Crippen LogP contribution in [0.15, 0.2) is 23.1 Å². The van der Waals surface area contributed by atoms with Gasteiger partial charge in [-0.1, -0.05) is 35.0 Å². The fraction of sp³-hybridized carbons (Fsp3) is 0.417. The number of rotatable bonds is 5. The van der Waals surface area contributed by atoms with Gasteiger partial charge in [-0.2, -0.15) is 0 Å². The molecule has 0 heterocycles. The first-order chi connectivity index (χ1) is 7.22. The van der Waals surface area contributed by atoms with Gasteiger partial charge in [0.05, 0.1) is 0 Å². The second-order valence-corrected chi connectivity index (χ2v) is 4.89. The van der Waals surface area contributed by atoms with Crippen LogP contribution in [0.4, 0.5) is 0 Å². The van der Waals surface area contributed by atoms with Gasteiger partial charge in [0.1, 0.15) is 0 Å². The molecule has 0 aromatic heterocycles. The molecular weight excluding hydrogens is 272 g/mol. The number of benzene rings is 1. The molecule has 1 aromatic carbocycles. The van der Waals surface area contributed by atoms with Crippen LogP contribution < -0.4 is 0 Å². The van der Waals surface area contributed by atoms with Gasteiger partial charge < -0.3 is 0 Å². The van der Waals surface area contributed by atoms with Gasteiger partial charge in [-0.15, -0.1) is 11.8 Å². The number of thioether (sulfide) groups is 1. The van der Waals surface area contributed by atoms with Crippen LogP contribution in [0.5, 0.6) is 0 Å². The lowest BCUT2D eigenvalue weighted by molar-refractivity contribution is 0.0987. The first kappa shape index (κ1) is 12.8. The van der Waals surface area contributed by atoms with Crippen LogP contribution in [0.3, 0.4) is 0 Å². The molecule has 0 bridgehead atoms. The summed E-state index contributed by atoms with van der Waals surface area (Å²) in [5.74, 6) is 0.221. The molecule has 0 saturated carbocycles. The number of alkyl halides is 1. The first-order valence-electron chi connectivity index (χ1n) is 4.99. The summed E-state index contributed by atoms with van der Waals surface area (Å²) in [5.41, 5.74) is 2.15. The summed E-state index contributed by atoms with van der Waals surface area (Å²) < 4.78 is 0. The molecule has 0 fully saturated rings. The van der Waals surface area contributed by atoms with E-state index in [1.807, 2.05) is 18.4 Å². The Kier molecular flexibility index (Phi) is 5.40. The Morgan fingerprint density at radius 2 is 2.20 bits per heavy atom. The van der Waals surface area contributed by atoms with Crippen LogP contribution in [0, 0.1) is 0 Å². The van der Waals surface area contributed by atoms with E-state index in [0.29, 0.717) is 6.42 Å². The molecular formula is C12H15BrOS. The smallest absolute Gasteiger partial charge is 0.164 e. The molecule has 0 unspecified atom stereocenters. The number of Topliss-reactive ketones (excluding diaryl/α,β-unsaturated/α-hetero) is 1. The molecule has 3 heteroatoms. The average molecular weight is 287 g/mol. The molecule has 1 aromatic rings. The van der Waals surface area contributed by atoms with E-state index in [0.717, 1.165) is 22.2 Å². The normalized spacial score (nSPS) is 10.3. The van der Waals surface area contributed by atoms with Crippen molar-refractivity contribution in [3.8, 4) is 0 Å². The standard InChI is InChI=1S/C12H15BrOS/c1-3-9-4-5-10(11(14)6-7-13)12(8-9)15-2/h4-5,8H,3,6-7H2,1-2H3. The molecule has 15 heavy (non-hydrogen) atoms. The maximum absolute atomic E-state index is 11.8. The third-order valence-electron chi connectivity index (χ3n) is 2.30. The lowest BCUT2D eigenvalue weighted by Gasteiger charge is -2.07. The minimum absolute atomic E-state index is 0.221. The van der Waals surface area contributed by atoms with Crippen molar-refractivity contribution >= 4 is 33.5 Å². The predicted molar refractivity (Wildman–Crippen MR) is 70.3 cm³/mol. The number of halogens is 1. The van der Waals surface area contributed by atoms with E-state index in [1.165, 1.54) is 5.56 Å². The Labute approximate surface area is 104 Å². The van der Waals surface area contributed by atoms with Crippen molar-refractivity contribution in [1.29, 1.82) is 0 Å². The lowest BCUT2D eigenvalue weighted by atomic mass is 10.1. The number of ketones is 1. The van der Waals surface area contributed by atoms with Gasteiger partial charge in [0.25, 0.3) is 0 Å². The molecule has 0 amide bonds. The molecule has 1 rings (SSSR count). The molecule has 0 saturated heterocycles. The minimum Gasteiger partial charge on any atom is -0.294 e. The molecule has 0 atom stereocenters. The number of hydrogen-bond acceptors (Lipinski definition) is 2. The monoisotopic (exact) mass is 286 g/mol.